The Hall–Kier alpha value is -3.13. The fourth-order valence-corrected chi connectivity index (χ4v) is 3.03. The average Bonchev–Trinajstić information content (AvgIpc) is 3.20. The van der Waals surface area contributed by atoms with Crippen LogP contribution in [0, 0.1) is 0 Å². The van der Waals surface area contributed by atoms with Gasteiger partial charge in [-0.1, -0.05) is 25.0 Å². The van der Waals surface area contributed by atoms with Crippen LogP contribution in [0.25, 0.3) is 16.9 Å². The number of hydroxylamine groups is 1. The molecular weight excluding hydrogens is 358 g/mol. The van der Waals surface area contributed by atoms with Crippen molar-refractivity contribution in [3.63, 3.8) is 0 Å². The summed E-state index contributed by atoms with van der Waals surface area (Å²) in [5.74, 6) is 1.26. The minimum atomic E-state index is -0.332. The van der Waals surface area contributed by atoms with Crippen LogP contribution in [0.4, 0.5) is 5.82 Å². The molecule has 2 aromatic heterocycles. The minimum absolute atomic E-state index is 0.332. The van der Waals surface area contributed by atoms with Gasteiger partial charge in [-0.25, -0.2) is 15.0 Å². The number of carbonyl (C=O) groups is 1. The van der Waals surface area contributed by atoms with Gasteiger partial charge in [0.1, 0.15) is 11.6 Å². The Morgan fingerprint density at radius 3 is 2.86 bits per heavy atom. The van der Waals surface area contributed by atoms with Crippen molar-refractivity contribution in [3.8, 4) is 17.0 Å². The van der Waals surface area contributed by atoms with E-state index in [2.05, 4.69) is 15.4 Å². The molecule has 1 aromatic carbocycles. The number of carbonyl (C=O) groups excluding carboxylic acids is 1. The van der Waals surface area contributed by atoms with Crippen LogP contribution in [-0.2, 0) is 4.79 Å². The highest BCUT2D eigenvalue weighted by atomic mass is 16.5. The van der Waals surface area contributed by atoms with Crippen LogP contribution in [0.1, 0.15) is 32.1 Å². The molecule has 0 spiro atoms. The summed E-state index contributed by atoms with van der Waals surface area (Å²) >= 11 is 0. The molecular formula is C20H25N5O3. The molecule has 2 heterocycles. The fraction of sp³-hybridized carbons (Fsp3) is 0.350. The highest BCUT2D eigenvalue weighted by molar-refractivity contribution is 5.74. The number of nitrogens with one attached hydrogen (secondary N) is 2. The number of unbranched alkanes of at least 4 members (excludes halogenated alkanes) is 3. The molecule has 8 heteroatoms. The van der Waals surface area contributed by atoms with Crippen LogP contribution in [0.3, 0.4) is 0 Å². The van der Waals surface area contributed by atoms with E-state index in [0.29, 0.717) is 6.42 Å². The van der Waals surface area contributed by atoms with Gasteiger partial charge < -0.3 is 10.1 Å². The maximum Gasteiger partial charge on any atom is 0.243 e. The molecule has 0 saturated heterocycles. The van der Waals surface area contributed by atoms with Gasteiger partial charge in [-0.2, -0.15) is 5.10 Å². The second kappa shape index (κ2) is 9.70. The Morgan fingerprint density at radius 1 is 1.18 bits per heavy atom. The van der Waals surface area contributed by atoms with Crippen LogP contribution in [0.2, 0.25) is 0 Å². The normalized spacial score (nSPS) is 10.8. The summed E-state index contributed by atoms with van der Waals surface area (Å²) in [5, 5.41) is 16.2. The SMILES string of the molecule is COc1cccc(-c2cc(NCCCCCCC(=O)NO)nc3ccnn23)c1. The van der Waals surface area contributed by atoms with E-state index in [4.69, 9.17) is 9.94 Å². The van der Waals surface area contributed by atoms with Crippen molar-refractivity contribution in [2.24, 2.45) is 0 Å². The van der Waals surface area contributed by atoms with Gasteiger partial charge in [0.25, 0.3) is 0 Å². The average molecular weight is 383 g/mol. The largest absolute Gasteiger partial charge is 0.497 e. The molecule has 0 saturated carbocycles. The molecule has 0 bridgehead atoms. The van der Waals surface area contributed by atoms with Gasteiger partial charge in [0, 0.05) is 30.7 Å². The van der Waals surface area contributed by atoms with Crippen molar-refractivity contribution < 1.29 is 14.7 Å². The van der Waals surface area contributed by atoms with Gasteiger partial charge in [0.15, 0.2) is 5.65 Å². The molecule has 3 rings (SSSR count). The van der Waals surface area contributed by atoms with Crippen molar-refractivity contribution in [2.75, 3.05) is 19.0 Å². The molecule has 1 amide bonds. The highest BCUT2D eigenvalue weighted by Gasteiger charge is 2.09. The van der Waals surface area contributed by atoms with Crippen molar-refractivity contribution in [1.29, 1.82) is 0 Å². The summed E-state index contributed by atoms with van der Waals surface area (Å²) < 4.78 is 7.15. The first-order valence-electron chi connectivity index (χ1n) is 9.37. The fourth-order valence-electron chi connectivity index (χ4n) is 3.03. The first-order valence-corrected chi connectivity index (χ1v) is 9.37. The maximum atomic E-state index is 11.0. The number of methoxy groups -OCH3 is 1. The van der Waals surface area contributed by atoms with Gasteiger partial charge in [-0.3, -0.25) is 10.0 Å². The van der Waals surface area contributed by atoms with Crippen molar-refractivity contribution in [3.05, 3.63) is 42.6 Å². The number of nitrogens with zero attached hydrogens (tertiary/aromatic N) is 3. The third-order valence-electron chi connectivity index (χ3n) is 4.49. The lowest BCUT2D eigenvalue weighted by molar-refractivity contribution is -0.129. The predicted molar refractivity (Wildman–Crippen MR) is 106 cm³/mol. The van der Waals surface area contributed by atoms with E-state index in [0.717, 1.165) is 60.7 Å². The van der Waals surface area contributed by atoms with Gasteiger partial charge in [0.2, 0.25) is 5.91 Å². The second-order valence-corrected chi connectivity index (χ2v) is 6.49. The lowest BCUT2D eigenvalue weighted by Gasteiger charge is -2.11. The van der Waals surface area contributed by atoms with Gasteiger partial charge in [0.05, 0.1) is 19.0 Å². The minimum Gasteiger partial charge on any atom is -0.497 e. The molecule has 0 radical (unpaired) electrons. The quantitative estimate of drug-likeness (QED) is 0.282. The van der Waals surface area contributed by atoms with E-state index >= 15 is 0 Å². The maximum absolute atomic E-state index is 11.0. The predicted octanol–water partition coefficient (Wildman–Crippen LogP) is 3.27. The van der Waals surface area contributed by atoms with Crippen LogP contribution < -0.4 is 15.5 Å². The monoisotopic (exact) mass is 383 g/mol. The van der Waals surface area contributed by atoms with Crippen LogP contribution in [0.5, 0.6) is 5.75 Å². The molecule has 3 N–H and O–H groups in total. The number of hydrogen-bond acceptors (Lipinski definition) is 6. The smallest absolute Gasteiger partial charge is 0.243 e. The first kappa shape index (κ1) is 19.6. The molecule has 3 aromatic rings. The van der Waals surface area contributed by atoms with E-state index < -0.39 is 0 Å². The molecule has 0 fully saturated rings. The van der Waals surface area contributed by atoms with E-state index in [1.165, 1.54) is 0 Å². The van der Waals surface area contributed by atoms with E-state index in [1.54, 1.807) is 18.8 Å². The first-order chi connectivity index (χ1) is 13.7. The summed E-state index contributed by atoms with van der Waals surface area (Å²) in [6.07, 6.45) is 5.78. The summed E-state index contributed by atoms with van der Waals surface area (Å²) in [6.45, 7) is 0.793. The summed E-state index contributed by atoms with van der Waals surface area (Å²) in [4.78, 5) is 15.6. The summed E-state index contributed by atoms with van der Waals surface area (Å²) in [7, 11) is 1.65. The Morgan fingerprint density at radius 2 is 2.04 bits per heavy atom. The van der Waals surface area contributed by atoms with Crippen molar-refractivity contribution >= 4 is 17.4 Å². The summed E-state index contributed by atoms with van der Waals surface area (Å²) in [6, 6.07) is 11.7. The van der Waals surface area contributed by atoms with Crippen molar-refractivity contribution in [1.82, 2.24) is 20.1 Å². The lowest BCUT2D eigenvalue weighted by atomic mass is 10.1. The molecule has 0 atom stereocenters. The standard InChI is InChI=1S/C20H25N5O3/c1-28-16-8-6-7-15(13-16)17-14-18(23-19-10-12-22-25(17)19)21-11-5-3-2-4-9-20(26)24-27/h6-8,10,12-14,27H,2-5,9,11H2,1H3,(H,21,23)(H,24,26). The highest BCUT2D eigenvalue weighted by Crippen LogP contribution is 2.26. The molecule has 28 heavy (non-hydrogen) atoms. The van der Waals surface area contributed by atoms with Crippen LogP contribution >= 0.6 is 0 Å². The zero-order valence-corrected chi connectivity index (χ0v) is 15.9. The number of anilines is 1. The number of amides is 1. The topological polar surface area (TPSA) is 101 Å². The number of fused-ring (bicyclic) bond motifs is 1. The van der Waals surface area contributed by atoms with Crippen LogP contribution in [0.15, 0.2) is 42.6 Å². The van der Waals surface area contributed by atoms with Crippen LogP contribution in [-0.4, -0.2) is 39.4 Å². The zero-order valence-electron chi connectivity index (χ0n) is 15.9. The Kier molecular flexibility index (Phi) is 6.80. The molecule has 8 nitrogen and oxygen atoms in total. The van der Waals surface area contributed by atoms with Gasteiger partial charge in [-0.15, -0.1) is 0 Å². The Labute approximate surface area is 163 Å². The molecule has 148 valence electrons. The molecule has 0 unspecified atom stereocenters. The van der Waals surface area contributed by atoms with Gasteiger partial charge >= 0.3 is 0 Å². The number of ether oxygens (including phenoxy) is 1. The molecule has 0 aliphatic heterocycles. The lowest BCUT2D eigenvalue weighted by Crippen LogP contribution is -2.17. The zero-order chi connectivity index (χ0) is 19.8. The molecule has 0 aliphatic carbocycles. The second-order valence-electron chi connectivity index (χ2n) is 6.49. The third kappa shape index (κ3) is 4.98. The number of hydrogen-bond donors (Lipinski definition) is 3. The third-order valence-corrected chi connectivity index (χ3v) is 4.49. The van der Waals surface area contributed by atoms with Gasteiger partial charge in [-0.05, 0) is 25.0 Å². The summed E-state index contributed by atoms with van der Waals surface area (Å²) in [5.41, 5.74) is 4.37. The van der Waals surface area contributed by atoms with Crippen molar-refractivity contribution in [2.45, 2.75) is 32.1 Å². The molecule has 0 aliphatic rings. The number of aromatic nitrogens is 3. The number of benzene rings is 1. The Bertz CT molecular complexity index is 925. The van der Waals surface area contributed by atoms with E-state index in [1.807, 2.05) is 40.9 Å². The van der Waals surface area contributed by atoms with E-state index in [9.17, 15) is 4.79 Å². The Balaban J connectivity index is 1.62. The number of rotatable bonds is 10. The van der Waals surface area contributed by atoms with E-state index in [-0.39, 0.29) is 5.91 Å².